The summed E-state index contributed by atoms with van der Waals surface area (Å²) in [6.07, 6.45) is 0.0774. The molecule has 22 heavy (non-hydrogen) atoms. The Kier molecular flexibility index (Phi) is 5.21. The number of carbonyl (C=O) groups is 1. The second-order valence-electron chi connectivity index (χ2n) is 5.69. The number of nitrogens with two attached hydrogens (primary N) is 1. The number of hydrogen-bond acceptors (Lipinski definition) is 3. The molecule has 116 valence electrons. The number of rotatable bonds is 6. The van der Waals surface area contributed by atoms with Crippen LogP contribution in [0.4, 0.5) is 5.69 Å². The minimum Gasteiger partial charge on any atom is -0.480 e. The topological polar surface area (TPSA) is 52.3 Å². The second-order valence-corrected chi connectivity index (χ2v) is 5.69. The van der Waals surface area contributed by atoms with Crippen molar-refractivity contribution in [2.75, 3.05) is 5.73 Å². The number of ether oxygens (including phenoxy) is 1. The SMILES string of the molecule is CCC(Oc1ccccc1N)C(=O)c1ccc(C(C)C)cc1. The van der Waals surface area contributed by atoms with E-state index in [2.05, 4.69) is 13.8 Å². The molecule has 0 heterocycles. The highest BCUT2D eigenvalue weighted by molar-refractivity contribution is 5.99. The number of para-hydroxylation sites is 2. The third-order valence-corrected chi connectivity index (χ3v) is 3.71. The van der Waals surface area contributed by atoms with Crippen molar-refractivity contribution >= 4 is 11.5 Å². The molecule has 2 aromatic carbocycles. The van der Waals surface area contributed by atoms with Gasteiger partial charge in [0.1, 0.15) is 5.75 Å². The Hall–Kier alpha value is -2.29. The summed E-state index contributed by atoms with van der Waals surface area (Å²) in [4.78, 5) is 12.6. The summed E-state index contributed by atoms with van der Waals surface area (Å²) >= 11 is 0. The molecule has 0 radical (unpaired) electrons. The van der Waals surface area contributed by atoms with Crippen molar-refractivity contribution < 1.29 is 9.53 Å². The Morgan fingerprint density at radius 3 is 2.27 bits per heavy atom. The van der Waals surface area contributed by atoms with Crippen molar-refractivity contribution in [2.45, 2.75) is 39.2 Å². The molecule has 1 unspecified atom stereocenters. The van der Waals surface area contributed by atoms with Crippen LogP contribution in [0.1, 0.15) is 49.0 Å². The van der Waals surface area contributed by atoms with Gasteiger partial charge in [-0.1, -0.05) is 57.2 Å². The van der Waals surface area contributed by atoms with Crippen molar-refractivity contribution in [1.29, 1.82) is 0 Å². The average Bonchev–Trinajstić information content (AvgIpc) is 2.53. The highest BCUT2D eigenvalue weighted by Crippen LogP contribution is 2.23. The van der Waals surface area contributed by atoms with Crippen molar-refractivity contribution in [3.8, 4) is 5.75 Å². The predicted molar refractivity (Wildman–Crippen MR) is 90.4 cm³/mol. The minimum absolute atomic E-state index is 0.0129. The zero-order chi connectivity index (χ0) is 16.1. The number of ketones is 1. The van der Waals surface area contributed by atoms with Crippen molar-refractivity contribution in [1.82, 2.24) is 0 Å². The first-order valence-electron chi connectivity index (χ1n) is 7.68. The van der Waals surface area contributed by atoms with Gasteiger partial charge >= 0.3 is 0 Å². The lowest BCUT2D eigenvalue weighted by Gasteiger charge is -2.18. The van der Waals surface area contributed by atoms with Crippen LogP contribution >= 0.6 is 0 Å². The molecule has 0 aliphatic carbocycles. The van der Waals surface area contributed by atoms with E-state index in [1.54, 1.807) is 12.1 Å². The average molecular weight is 297 g/mol. The molecule has 0 saturated carbocycles. The summed E-state index contributed by atoms with van der Waals surface area (Å²) in [6.45, 7) is 6.20. The molecular weight excluding hydrogens is 274 g/mol. The predicted octanol–water partition coefficient (Wildman–Crippen LogP) is 4.43. The fraction of sp³-hybridized carbons (Fsp3) is 0.316. The maximum atomic E-state index is 12.6. The number of hydrogen-bond donors (Lipinski definition) is 1. The molecule has 2 N–H and O–H groups in total. The zero-order valence-corrected chi connectivity index (χ0v) is 13.4. The molecule has 0 aromatic heterocycles. The van der Waals surface area contributed by atoms with Crippen molar-refractivity contribution in [2.24, 2.45) is 0 Å². The Bertz CT molecular complexity index is 632. The van der Waals surface area contributed by atoms with Gasteiger partial charge in [0.05, 0.1) is 5.69 Å². The van der Waals surface area contributed by atoms with Crippen LogP contribution in [-0.2, 0) is 0 Å². The molecule has 2 aromatic rings. The van der Waals surface area contributed by atoms with Gasteiger partial charge in [-0.25, -0.2) is 0 Å². The largest absolute Gasteiger partial charge is 0.480 e. The van der Waals surface area contributed by atoms with Gasteiger partial charge in [0.25, 0.3) is 0 Å². The number of Topliss-reactive ketones (excluding diaryl/α,β-unsaturated/α-hetero) is 1. The number of nitrogen functional groups attached to an aromatic ring is 1. The molecule has 0 aliphatic rings. The maximum Gasteiger partial charge on any atom is 0.203 e. The minimum atomic E-state index is -0.519. The first kappa shape index (κ1) is 16.1. The quantitative estimate of drug-likeness (QED) is 0.634. The lowest BCUT2D eigenvalue weighted by Crippen LogP contribution is -2.27. The van der Waals surface area contributed by atoms with Crippen LogP contribution in [0.2, 0.25) is 0 Å². The molecule has 0 bridgehead atoms. The molecule has 1 atom stereocenters. The number of anilines is 1. The molecule has 0 aliphatic heterocycles. The molecule has 3 heteroatoms. The summed E-state index contributed by atoms with van der Waals surface area (Å²) in [5.41, 5.74) is 8.32. The zero-order valence-electron chi connectivity index (χ0n) is 13.4. The summed E-state index contributed by atoms with van der Waals surface area (Å²) < 4.78 is 5.81. The van der Waals surface area contributed by atoms with E-state index in [0.717, 1.165) is 0 Å². The normalized spacial score (nSPS) is 12.2. The van der Waals surface area contributed by atoms with E-state index < -0.39 is 6.10 Å². The summed E-state index contributed by atoms with van der Waals surface area (Å²) in [6, 6.07) is 15.0. The van der Waals surface area contributed by atoms with Gasteiger partial charge in [-0.2, -0.15) is 0 Å². The lowest BCUT2D eigenvalue weighted by molar-refractivity contribution is 0.0788. The first-order valence-corrected chi connectivity index (χ1v) is 7.68. The Labute approximate surface area is 132 Å². The molecule has 2 rings (SSSR count). The lowest BCUT2D eigenvalue weighted by atomic mass is 9.98. The van der Waals surface area contributed by atoms with Crippen LogP contribution < -0.4 is 10.5 Å². The molecule has 0 amide bonds. The molecular formula is C19H23NO2. The number of benzene rings is 2. The van der Waals surface area contributed by atoms with Crippen LogP contribution in [0.15, 0.2) is 48.5 Å². The van der Waals surface area contributed by atoms with E-state index >= 15 is 0 Å². The van der Waals surface area contributed by atoms with Gasteiger partial charge in [0.2, 0.25) is 5.78 Å². The van der Waals surface area contributed by atoms with Crippen LogP contribution in [-0.4, -0.2) is 11.9 Å². The fourth-order valence-corrected chi connectivity index (χ4v) is 2.28. The standard InChI is InChI=1S/C19H23NO2/c1-4-17(22-18-8-6-5-7-16(18)20)19(21)15-11-9-14(10-12-15)13(2)3/h5-13,17H,4,20H2,1-3H3. The van der Waals surface area contributed by atoms with Gasteiger partial charge in [-0.05, 0) is 30.0 Å². The van der Waals surface area contributed by atoms with Crippen LogP contribution in [0, 0.1) is 0 Å². The van der Waals surface area contributed by atoms with Gasteiger partial charge in [0, 0.05) is 5.56 Å². The second kappa shape index (κ2) is 7.12. The number of carbonyl (C=O) groups excluding carboxylic acids is 1. The molecule has 0 fully saturated rings. The fourth-order valence-electron chi connectivity index (χ4n) is 2.28. The summed E-state index contributed by atoms with van der Waals surface area (Å²) in [5, 5.41) is 0. The van der Waals surface area contributed by atoms with E-state index in [1.165, 1.54) is 5.56 Å². The third kappa shape index (κ3) is 3.67. The van der Waals surface area contributed by atoms with Crippen LogP contribution in [0.3, 0.4) is 0 Å². The van der Waals surface area contributed by atoms with Crippen LogP contribution in [0.25, 0.3) is 0 Å². The maximum absolute atomic E-state index is 12.6. The highest BCUT2D eigenvalue weighted by atomic mass is 16.5. The van der Waals surface area contributed by atoms with E-state index in [9.17, 15) is 4.79 Å². The highest BCUT2D eigenvalue weighted by Gasteiger charge is 2.21. The summed E-state index contributed by atoms with van der Waals surface area (Å²) in [7, 11) is 0. The van der Waals surface area contributed by atoms with E-state index in [-0.39, 0.29) is 5.78 Å². The van der Waals surface area contributed by atoms with Crippen LogP contribution in [0.5, 0.6) is 5.75 Å². The van der Waals surface area contributed by atoms with Crippen molar-refractivity contribution in [3.05, 3.63) is 59.7 Å². The Morgan fingerprint density at radius 1 is 1.09 bits per heavy atom. The van der Waals surface area contributed by atoms with E-state index in [1.807, 2.05) is 43.3 Å². The summed E-state index contributed by atoms with van der Waals surface area (Å²) in [5.74, 6) is 0.994. The van der Waals surface area contributed by atoms with Gasteiger partial charge < -0.3 is 10.5 Å². The monoisotopic (exact) mass is 297 g/mol. The van der Waals surface area contributed by atoms with Gasteiger partial charge in [0.15, 0.2) is 6.10 Å². The third-order valence-electron chi connectivity index (χ3n) is 3.71. The molecule has 0 spiro atoms. The Morgan fingerprint density at radius 2 is 1.73 bits per heavy atom. The smallest absolute Gasteiger partial charge is 0.203 e. The Balaban J connectivity index is 2.16. The van der Waals surface area contributed by atoms with Gasteiger partial charge in [-0.15, -0.1) is 0 Å². The van der Waals surface area contributed by atoms with Gasteiger partial charge in [-0.3, -0.25) is 4.79 Å². The molecule has 0 saturated heterocycles. The molecule has 3 nitrogen and oxygen atoms in total. The van der Waals surface area contributed by atoms with E-state index in [0.29, 0.717) is 29.3 Å². The van der Waals surface area contributed by atoms with Crippen molar-refractivity contribution in [3.63, 3.8) is 0 Å². The van der Waals surface area contributed by atoms with E-state index in [4.69, 9.17) is 10.5 Å². The first-order chi connectivity index (χ1) is 10.5.